The lowest BCUT2D eigenvalue weighted by atomic mass is 10.3. The first kappa shape index (κ1) is 13.4. The molecule has 7 heteroatoms. The lowest BCUT2D eigenvalue weighted by Gasteiger charge is -2.25. The predicted molar refractivity (Wildman–Crippen MR) is 66.0 cm³/mol. The smallest absolute Gasteiger partial charge is 0.325 e. The zero-order valence-corrected chi connectivity index (χ0v) is 10.3. The van der Waals surface area contributed by atoms with Crippen LogP contribution in [0.3, 0.4) is 0 Å². The first-order chi connectivity index (χ1) is 9.15. The Balaban J connectivity index is 1.90. The minimum atomic E-state index is -0.528. The zero-order valence-electron chi connectivity index (χ0n) is 10.3. The quantitative estimate of drug-likeness (QED) is 0.347. The molecule has 0 aromatic heterocycles. The fraction of sp³-hybridized carbons (Fsp3) is 0.417. The van der Waals surface area contributed by atoms with Crippen molar-refractivity contribution in [1.29, 1.82) is 0 Å². The summed E-state index contributed by atoms with van der Waals surface area (Å²) in [5, 5.41) is 10.6. The Hall–Kier alpha value is -1.99. The summed E-state index contributed by atoms with van der Waals surface area (Å²) in [7, 11) is 0. The Morgan fingerprint density at radius 3 is 2.84 bits per heavy atom. The summed E-state index contributed by atoms with van der Waals surface area (Å²) in [6.45, 7) is 2.73. The van der Waals surface area contributed by atoms with Crippen molar-refractivity contribution in [3.63, 3.8) is 0 Å². The number of esters is 1. The highest BCUT2D eigenvalue weighted by Crippen LogP contribution is 2.19. The highest BCUT2D eigenvalue weighted by molar-refractivity contribution is 5.74. The van der Waals surface area contributed by atoms with Crippen molar-refractivity contribution in [2.24, 2.45) is 0 Å². The topological polar surface area (TPSA) is 81.9 Å². The van der Waals surface area contributed by atoms with Gasteiger partial charge in [-0.05, 0) is 6.07 Å². The zero-order chi connectivity index (χ0) is 13.7. The van der Waals surface area contributed by atoms with E-state index in [1.54, 1.807) is 0 Å². The molecule has 0 spiro atoms. The van der Waals surface area contributed by atoms with E-state index in [1.807, 2.05) is 4.90 Å². The number of hydrogen-bond donors (Lipinski definition) is 0. The van der Waals surface area contributed by atoms with Gasteiger partial charge in [0.1, 0.15) is 5.75 Å². The first-order valence-electron chi connectivity index (χ1n) is 5.90. The second kappa shape index (κ2) is 6.26. The van der Waals surface area contributed by atoms with Gasteiger partial charge in [-0.1, -0.05) is 6.07 Å². The summed E-state index contributed by atoms with van der Waals surface area (Å²) >= 11 is 0. The van der Waals surface area contributed by atoms with Crippen molar-refractivity contribution < 1.29 is 19.2 Å². The molecule has 7 nitrogen and oxygen atoms in total. The molecule has 1 saturated heterocycles. The molecule has 0 bridgehead atoms. The average Bonchev–Trinajstić information content (AvgIpc) is 2.40. The molecule has 1 fully saturated rings. The lowest BCUT2D eigenvalue weighted by molar-refractivity contribution is -0.384. The van der Waals surface area contributed by atoms with Gasteiger partial charge in [0.05, 0.1) is 30.7 Å². The molecule has 0 unspecified atom stereocenters. The number of nitrogens with zero attached hydrogens (tertiary/aromatic N) is 2. The maximum atomic E-state index is 11.7. The van der Waals surface area contributed by atoms with Crippen LogP contribution in [0.5, 0.6) is 5.75 Å². The van der Waals surface area contributed by atoms with Gasteiger partial charge in [0.2, 0.25) is 0 Å². The van der Waals surface area contributed by atoms with E-state index in [4.69, 9.17) is 9.47 Å². The van der Waals surface area contributed by atoms with Crippen molar-refractivity contribution in [2.75, 3.05) is 32.8 Å². The lowest BCUT2D eigenvalue weighted by Crippen LogP contribution is -2.40. The minimum Gasteiger partial charge on any atom is -0.425 e. The summed E-state index contributed by atoms with van der Waals surface area (Å²) in [4.78, 5) is 23.7. The molecular weight excluding hydrogens is 252 g/mol. The molecule has 19 heavy (non-hydrogen) atoms. The van der Waals surface area contributed by atoms with Crippen molar-refractivity contribution in [1.82, 2.24) is 4.90 Å². The molecular formula is C12H14N2O5. The van der Waals surface area contributed by atoms with Gasteiger partial charge in [0.25, 0.3) is 5.69 Å². The summed E-state index contributed by atoms with van der Waals surface area (Å²) in [5.74, 6) is -0.241. The number of rotatable bonds is 4. The number of benzene rings is 1. The van der Waals surface area contributed by atoms with Gasteiger partial charge in [-0.25, -0.2) is 0 Å². The maximum absolute atomic E-state index is 11.7. The van der Waals surface area contributed by atoms with Crippen molar-refractivity contribution >= 4 is 11.7 Å². The largest absolute Gasteiger partial charge is 0.425 e. The number of carbonyl (C=O) groups excluding carboxylic acids is 1. The molecule has 1 heterocycles. The second-order valence-electron chi connectivity index (χ2n) is 4.12. The van der Waals surface area contributed by atoms with E-state index in [-0.39, 0.29) is 18.0 Å². The number of morpholine rings is 1. The van der Waals surface area contributed by atoms with Crippen molar-refractivity contribution in [2.45, 2.75) is 0 Å². The van der Waals surface area contributed by atoms with Crippen molar-refractivity contribution in [3.05, 3.63) is 34.4 Å². The van der Waals surface area contributed by atoms with E-state index in [9.17, 15) is 14.9 Å². The van der Waals surface area contributed by atoms with E-state index >= 15 is 0 Å². The van der Waals surface area contributed by atoms with Crippen LogP contribution >= 0.6 is 0 Å². The van der Waals surface area contributed by atoms with Crippen LogP contribution in [0.2, 0.25) is 0 Å². The number of nitro benzene ring substituents is 1. The second-order valence-corrected chi connectivity index (χ2v) is 4.12. The summed E-state index contributed by atoms with van der Waals surface area (Å²) < 4.78 is 10.3. The van der Waals surface area contributed by atoms with Gasteiger partial charge in [0.15, 0.2) is 0 Å². The Morgan fingerprint density at radius 2 is 2.16 bits per heavy atom. The van der Waals surface area contributed by atoms with Crippen LogP contribution in [0.15, 0.2) is 24.3 Å². The highest BCUT2D eigenvalue weighted by atomic mass is 16.6. The fourth-order valence-corrected chi connectivity index (χ4v) is 1.77. The molecule has 0 atom stereocenters. The molecule has 1 aromatic rings. The van der Waals surface area contributed by atoms with Gasteiger partial charge >= 0.3 is 5.97 Å². The third kappa shape index (κ3) is 4.01. The number of non-ortho nitro benzene ring substituents is 1. The maximum Gasteiger partial charge on any atom is 0.325 e. The SMILES string of the molecule is O=C(CN1CCOCC1)Oc1cccc([N+](=O)[O-])c1. The van der Waals surface area contributed by atoms with Crippen LogP contribution < -0.4 is 4.74 Å². The number of nitro groups is 1. The van der Waals surface area contributed by atoms with E-state index in [1.165, 1.54) is 24.3 Å². The first-order valence-corrected chi connectivity index (χ1v) is 5.90. The Kier molecular flexibility index (Phi) is 4.43. The Labute approximate surface area is 109 Å². The molecule has 0 radical (unpaired) electrons. The number of ether oxygens (including phenoxy) is 2. The van der Waals surface area contributed by atoms with Crippen LogP contribution in [-0.4, -0.2) is 48.6 Å². The Morgan fingerprint density at radius 1 is 1.42 bits per heavy atom. The summed E-state index contributed by atoms with van der Waals surface area (Å²) in [6.07, 6.45) is 0. The van der Waals surface area contributed by atoms with Gasteiger partial charge in [-0.3, -0.25) is 19.8 Å². The molecule has 0 saturated carbocycles. The molecule has 102 valence electrons. The van der Waals surface area contributed by atoms with Crippen LogP contribution in [0.1, 0.15) is 0 Å². The van der Waals surface area contributed by atoms with Crippen LogP contribution in [-0.2, 0) is 9.53 Å². The molecule has 0 N–H and O–H groups in total. The third-order valence-electron chi connectivity index (χ3n) is 2.72. The average molecular weight is 266 g/mol. The molecule has 1 aliphatic heterocycles. The summed E-state index contributed by atoms with van der Waals surface area (Å²) in [6, 6.07) is 5.58. The van der Waals surface area contributed by atoms with Gasteiger partial charge in [0, 0.05) is 19.2 Å². The third-order valence-corrected chi connectivity index (χ3v) is 2.72. The van der Waals surface area contributed by atoms with Crippen LogP contribution in [0.4, 0.5) is 5.69 Å². The van der Waals surface area contributed by atoms with E-state index in [0.29, 0.717) is 26.3 Å². The number of hydrogen-bond acceptors (Lipinski definition) is 6. The van der Waals surface area contributed by atoms with E-state index < -0.39 is 10.9 Å². The van der Waals surface area contributed by atoms with Gasteiger partial charge in [-0.15, -0.1) is 0 Å². The minimum absolute atomic E-state index is 0.100. The van der Waals surface area contributed by atoms with E-state index in [2.05, 4.69) is 0 Å². The predicted octanol–water partition coefficient (Wildman–Crippen LogP) is 0.832. The molecule has 0 aliphatic carbocycles. The molecule has 2 rings (SSSR count). The fourth-order valence-electron chi connectivity index (χ4n) is 1.77. The monoisotopic (exact) mass is 266 g/mol. The standard InChI is InChI=1S/C12H14N2O5/c15-12(9-13-4-6-18-7-5-13)19-11-3-1-2-10(8-11)14(16)17/h1-3,8H,4-7,9H2. The summed E-state index contributed by atoms with van der Waals surface area (Å²) in [5.41, 5.74) is -0.100. The van der Waals surface area contributed by atoms with Gasteiger partial charge < -0.3 is 9.47 Å². The number of carbonyl (C=O) groups is 1. The molecule has 1 aliphatic rings. The van der Waals surface area contributed by atoms with Gasteiger partial charge in [-0.2, -0.15) is 0 Å². The van der Waals surface area contributed by atoms with E-state index in [0.717, 1.165) is 0 Å². The molecule has 1 aromatic carbocycles. The van der Waals surface area contributed by atoms with Crippen LogP contribution in [0.25, 0.3) is 0 Å². The molecule has 0 amide bonds. The normalized spacial score (nSPS) is 16.0. The highest BCUT2D eigenvalue weighted by Gasteiger charge is 2.16. The van der Waals surface area contributed by atoms with Crippen molar-refractivity contribution in [3.8, 4) is 5.75 Å². The van der Waals surface area contributed by atoms with Crippen LogP contribution in [0, 0.1) is 10.1 Å². The Bertz CT molecular complexity index is 471.